The molecule has 2 aromatic carbocycles. The van der Waals surface area contributed by atoms with Gasteiger partial charge in [-0.2, -0.15) is 0 Å². The number of imide groups is 1. The number of anilines is 2. The molecule has 2 saturated carbocycles. The highest BCUT2D eigenvalue weighted by molar-refractivity contribution is 6.22. The summed E-state index contributed by atoms with van der Waals surface area (Å²) in [5.41, 5.74) is 3.35. The maximum Gasteiger partial charge on any atom is 0.316 e. The number of rotatable bonds is 4. The van der Waals surface area contributed by atoms with E-state index in [1.165, 1.54) is 4.90 Å². The van der Waals surface area contributed by atoms with Gasteiger partial charge in [-0.25, -0.2) is 4.90 Å². The van der Waals surface area contributed by atoms with Crippen LogP contribution in [0, 0.1) is 43.4 Å². The Balaban J connectivity index is 1.17. The van der Waals surface area contributed by atoms with Gasteiger partial charge in [0.15, 0.2) is 0 Å². The fourth-order valence-corrected chi connectivity index (χ4v) is 6.76. The predicted molar refractivity (Wildman–Crippen MR) is 129 cm³/mol. The summed E-state index contributed by atoms with van der Waals surface area (Å²) < 4.78 is 5.63. The number of hydrogen-bond donors (Lipinski definition) is 0. The molecule has 4 aliphatic rings. The summed E-state index contributed by atoms with van der Waals surface area (Å²) in [4.78, 5) is 54.8. The van der Waals surface area contributed by atoms with E-state index in [2.05, 4.69) is 0 Å². The van der Waals surface area contributed by atoms with Crippen molar-refractivity contribution in [1.82, 2.24) is 0 Å². The van der Waals surface area contributed by atoms with Gasteiger partial charge in [0.2, 0.25) is 17.7 Å². The second kappa shape index (κ2) is 8.04. The van der Waals surface area contributed by atoms with E-state index in [0.717, 1.165) is 36.1 Å². The number of carbonyl (C=O) groups excluding carboxylic acids is 4. The first-order valence-corrected chi connectivity index (χ1v) is 12.4. The molecule has 5 atom stereocenters. The first-order valence-electron chi connectivity index (χ1n) is 12.4. The summed E-state index contributed by atoms with van der Waals surface area (Å²) >= 11 is 0. The zero-order chi connectivity index (χ0) is 24.4. The largest absolute Gasteiger partial charge is 0.426 e. The van der Waals surface area contributed by atoms with E-state index in [1.54, 1.807) is 29.2 Å². The van der Waals surface area contributed by atoms with Gasteiger partial charge in [-0.1, -0.05) is 23.8 Å². The van der Waals surface area contributed by atoms with Crippen LogP contribution in [-0.4, -0.2) is 30.2 Å². The van der Waals surface area contributed by atoms with Crippen molar-refractivity contribution in [2.24, 2.45) is 29.6 Å². The first kappa shape index (κ1) is 22.0. The molecule has 7 nitrogen and oxygen atoms in total. The zero-order valence-electron chi connectivity index (χ0n) is 19.9. The Morgan fingerprint density at radius 2 is 1.66 bits per heavy atom. The molecule has 3 amide bonds. The van der Waals surface area contributed by atoms with Crippen molar-refractivity contribution in [3.8, 4) is 5.75 Å². The molecule has 2 heterocycles. The number of amides is 3. The number of ether oxygens (including phenoxy) is 1. The molecule has 0 spiro atoms. The highest BCUT2D eigenvalue weighted by atomic mass is 16.5. The molecule has 35 heavy (non-hydrogen) atoms. The number of carbonyl (C=O) groups is 4. The van der Waals surface area contributed by atoms with Gasteiger partial charge in [0.25, 0.3) is 0 Å². The third-order valence-corrected chi connectivity index (χ3v) is 8.32. The second-order valence-electron chi connectivity index (χ2n) is 10.5. The van der Waals surface area contributed by atoms with E-state index < -0.39 is 11.9 Å². The smallest absolute Gasteiger partial charge is 0.316 e. The molecule has 180 valence electrons. The third kappa shape index (κ3) is 3.48. The lowest BCUT2D eigenvalue weighted by molar-refractivity contribution is -0.139. The third-order valence-electron chi connectivity index (χ3n) is 8.32. The van der Waals surface area contributed by atoms with Gasteiger partial charge in [-0.15, -0.1) is 0 Å². The number of esters is 1. The maximum atomic E-state index is 13.1. The monoisotopic (exact) mass is 472 g/mol. The number of aryl methyl sites for hydroxylation is 2. The van der Waals surface area contributed by atoms with Gasteiger partial charge in [0, 0.05) is 24.7 Å². The Morgan fingerprint density at radius 1 is 0.943 bits per heavy atom. The molecule has 2 aliphatic carbocycles. The standard InChI is InChI=1S/C28H28N2O5/c1-15-6-9-22(16(2)10-15)29-14-19(12-23(29)31)28(34)35-21-5-3-4-20(13-21)30-26(32)24-17-7-8-18(11-17)25(24)27(30)33/h3-6,9-10,13,17-19,24-25H,7-8,11-12,14H2,1-2H3/t17-,18-,19+,24-,25-/m0/s1. The minimum atomic E-state index is -0.586. The predicted octanol–water partition coefficient (Wildman–Crippen LogP) is 3.80. The van der Waals surface area contributed by atoms with Crippen LogP contribution >= 0.6 is 0 Å². The van der Waals surface area contributed by atoms with Gasteiger partial charge in [-0.3, -0.25) is 19.2 Å². The van der Waals surface area contributed by atoms with Crippen molar-refractivity contribution >= 4 is 35.1 Å². The number of nitrogens with zero attached hydrogens (tertiary/aromatic N) is 2. The Bertz CT molecular complexity index is 1240. The van der Waals surface area contributed by atoms with Crippen LogP contribution in [0.3, 0.4) is 0 Å². The van der Waals surface area contributed by atoms with Crippen molar-refractivity contribution in [1.29, 1.82) is 0 Å². The fraction of sp³-hybridized carbons (Fsp3) is 0.429. The van der Waals surface area contributed by atoms with Crippen LogP contribution in [0.2, 0.25) is 0 Å². The van der Waals surface area contributed by atoms with Crippen LogP contribution in [0.1, 0.15) is 36.8 Å². The summed E-state index contributed by atoms with van der Waals surface area (Å²) in [5.74, 6) is -0.940. The Morgan fingerprint density at radius 3 is 2.34 bits per heavy atom. The summed E-state index contributed by atoms with van der Waals surface area (Å²) in [6.45, 7) is 4.21. The molecule has 2 aromatic rings. The van der Waals surface area contributed by atoms with E-state index in [0.29, 0.717) is 17.5 Å². The molecule has 0 N–H and O–H groups in total. The molecular weight excluding hydrogens is 444 g/mol. The number of fused-ring (bicyclic) bond motifs is 5. The normalized spacial score (nSPS) is 29.3. The second-order valence-corrected chi connectivity index (χ2v) is 10.5. The van der Waals surface area contributed by atoms with Gasteiger partial charge >= 0.3 is 5.97 Å². The highest BCUT2D eigenvalue weighted by Crippen LogP contribution is 2.56. The van der Waals surface area contributed by atoms with Crippen LogP contribution in [0.25, 0.3) is 0 Å². The van der Waals surface area contributed by atoms with Crippen molar-refractivity contribution in [2.75, 3.05) is 16.3 Å². The van der Waals surface area contributed by atoms with Crippen molar-refractivity contribution < 1.29 is 23.9 Å². The van der Waals surface area contributed by atoms with E-state index in [4.69, 9.17) is 4.74 Å². The van der Waals surface area contributed by atoms with E-state index in [9.17, 15) is 19.2 Å². The van der Waals surface area contributed by atoms with Gasteiger partial charge in [-0.05, 0) is 68.7 Å². The summed E-state index contributed by atoms with van der Waals surface area (Å²) in [7, 11) is 0. The number of hydrogen-bond acceptors (Lipinski definition) is 5. The van der Waals surface area contributed by atoms with E-state index in [-0.39, 0.29) is 48.3 Å². The Labute approximate surface area is 204 Å². The van der Waals surface area contributed by atoms with Crippen LogP contribution in [-0.2, 0) is 19.2 Å². The van der Waals surface area contributed by atoms with E-state index >= 15 is 0 Å². The zero-order valence-corrected chi connectivity index (χ0v) is 19.9. The molecule has 6 rings (SSSR count). The first-order chi connectivity index (χ1) is 16.8. The van der Waals surface area contributed by atoms with Gasteiger partial charge < -0.3 is 9.64 Å². The molecule has 7 heteroatoms. The quantitative estimate of drug-likeness (QED) is 0.384. The minimum absolute atomic E-state index is 0.0844. The van der Waals surface area contributed by atoms with Crippen molar-refractivity contribution in [3.63, 3.8) is 0 Å². The lowest BCUT2D eigenvalue weighted by Gasteiger charge is -2.19. The van der Waals surface area contributed by atoms with Crippen LogP contribution in [0.15, 0.2) is 42.5 Å². The fourth-order valence-electron chi connectivity index (χ4n) is 6.76. The summed E-state index contributed by atoms with van der Waals surface area (Å²) in [5, 5.41) is 0. The van der Waals surface area contributed by atoms with E-state index in [1.807, 2.05) is 32.0 Å². The summed E-state index contributed by atoms with van der Waals surface area (Å²) in [6, 6.07) is 12.5. The van der Waals surface area contributed by atoms with Crippen molar-refractivity contribution in [2.45, 2.75) is 39.5 Å². The van der Waals surface area contributed by atoms with Crippen LogP contribution in [0.4, 0.5) is 11.4 Å². The molecular formula is C28H28N2O5. The minimum Gasteiger partial charge on any atom is -0.426 e. The average Bonchev–Trinajstić information content (AvgIpc) is 3.58. The SMILES string of the molecule is Cc1ccc(N2C[C@H](C(=O)Oc3cccc(N4C(=O)[C@H]5[C@H]6CC[C@@H](C6)[C@@H]5C4=O)c3)CC2=O)c(C)c1. The lowest BCUT2D eigenvalue weighted by Crippen LogP contribution is -2.32. The molecule has 2 aliphatic heterocycles. The van der Waals surface area contributed by atoms with Crippen LogP contribution in [0.5, 0.6) is 5.75 Å². The highest BCUT2D eigenvalue weighted by Gasteiger charge is 2.61. The molecule has 0 unspecified atom stereocenters. The molecule has 4 fully saturated rings. The molecule has 2 bridgehead atoms. The lowest BCUT2D eigenvalue weighted by atomic mass is 9.81. The molecule has 2 saturated heterocycles. The van der Waals surface area contributed by atoms with Gasteiger partial charge in [0.1, 0.15) is 5.75 Å². The van der Waals surface area contributed by atoms with Crippen LogP contribution < -0.4 is 14.5 Å². The average molecular weight is 473 g/mol. The Hall–Kier alpha value is -3.48. The maximum absolute atomic E-state index is 13.1. The molecule has 0 radical (unpaired) electrons. The van der Waals surface area contributed by atoms with Crippen molar-refractivity contribution in [3.05, 3.63) is 53.6 Å². The molecule has 0 aromatic heterocycles. The summed E-state index contributed by atoms with van der Waals surface area (Å²) in [6.07, 6.45) is 3.11. The van der Waals surface area contributed by atoms with Gasteiger partial charge in [0.05, 0.1) is 23.4 Å². The Kier molecular flexibility index (Phi) is 5.06. The topological polar surface area (TPSA) is 84.0 Å². The number of benzene rings is 2.